The maximum Gasteiger partial charge on any atom is 0.419 e. The molecule has 0 aliphatic heterocycles. The van der Waals surface area contributed by atoms with Crippen molar-refractivity contribution in [2.75, 3.05) is 6.61 Å². The summed E-state index contributed by atoms with van der Waals surface area (Å²) in [5, 5.41) is 2.66. The van der Waals surface area contributed by atoms with Crippen molar-refractivity contribution in [3.05, 3.63) is 95.8 Å². The molecule has 1 heterocycles. The van der Waals surface area contributed by atoms with Crippen LogP contribution in [0.3, 0.4) is 0 Å². The molecule has 3 aromatic carbocycles. The highest BCUT2D eigenvalue weighted by Gasteiger charge is 2.34. The summed E-state index contributed by atoms with van der Waals surface area (Å²) >= 11 is 0. The number of benzene rings is 3. The number of alkyl halides is 3. The molecule has 0 unspecified atom stereocenters. The van der Waals surface area contributed by atoms with Gasteiger partial charge in [-0.2, -0.15) is 13.2 Å². The van der Waals surface area contributed by atoms with Crippen molar-refractivity contribution in [1.82, 2.24) is 14.9 Å². The summed E-state index contributed by atoms with van der Waals surface area (Å²) < 4.78 is 46.1. The monoisotopic (exact) mass is 439 g/mol. The highest BCUT2D eigenvalue weighted by molar-refractivity contribution is 5.77. The van der Waals surface area contributed by atoms with Crippen LogP contribution in [0.15, 0.2) is 79.1 Å². The zero-order chi connectivity index (χ0) is 22.6. The number of para-hydroxylation sites is 3. The Morgan fingerprint density at radius 1 is 0.938 bits per heavy atom. The molecule has 0 saturated heterocycles. The van der Waals surface area contributed by atoms with Crippen LogP contribution in [0.2, 0.25) is 0 Å². The van der Waals surface area contributed by atoms with E-state index in [0.29, 0.717) is 6.54 Å². The van der Waals surface area contributed by atoms with Crippen LogP contribution in [0.5, 0.6) is 5.75 Å². The van der Waals surface area contributed by atoms with Crippen LogP contribution in [0.25, 0.3) is 11.0 Å². The molecule has 4 rings (SSSR count). The topological polar surface area (TPSA) is 56.1 Å². The van der Waals surface area contributed by atoms with Gasteiger partial charge in [0, 0.05) is 13.1 Å². The number of halogens is 3. The molecule has 0 fully saturated rings. The fourth-order valence-electron chi connectivity index (χ4n) is 3.32. The lowest BCUT2D eigenvalue weighted by atomic mass is 10.1. The van der Waals surface area contributed by atoms with E-state index in [2.05, 4.69) is 14.9 Å². The Morgan fingerprint density at radius 2 is 1.62 bits per heavy atom. The summed E-state index contributed by atoms with van der Waals surface area (Å²) in [5.41, 5.74) is 3.03. The third kappa shape index (κ3) is 5.08. The number of nitrogens with one attached hydrogen (secondary N) is 1. The Morgan fingerprint density at radius 3 is 2.41 bits per heavy atom. The molecule has 0 atom stereocenters. The van der Waals surface area contributed by atoms with Crippen molar-refractivity contribution in [2.45, 2.75) is 19.3 Å². The number of hydrogen-bond acceptors (Lipinski definition) is 3. The maximum atomic E-state index is 13.0. The second-order valence-corrected chi connectivity index (χ2v) is 7.24. The summed E-state index contributed by atoms with van der Waals surface area (Å²) in [6.07, 6.45) is -2.74. The van der Waals surface area contributed by atoms with Crippen molar-refractivity contribution < 1.29 is 22.7 Å². The Kier molecular flexibility index (Phi) is 6.11. The summed E-state index contributed by atoms with van der Waals surface area (Å²) in [6.45, 7) is 0.413. The number of nitrogens with zero attached hydrogens (tertiary/aromatic N) is 2. The molecule has 8 heteroatoms. The predicted molar refractivity (Wildman–Crippen MR) is 114 cm³/mol. The predicted octanol–water partition coefficient (Wildman–Crippen LogP) is 4.80. The molecule has 4 aromatic rings. The molecule has 1 N–H and O–H groups in total. The first-order valence-electron chi connectivity index (χ1n) is 9.93. The van der Waals surface area contributed by atoms with Gasteiger partial charge in [-0.15, -0.1) is 0 Å². The lowest BCUT2D eigenvalue weighted by molar-refractivity contribution is -0.139. The average Bonchev–Trinajstić information content (AvgIpc) is 3.19. The first-order chi connectivity index (χ1) is 15.4. The molecular weight excluding hydrogens is 419 g/mol. The quantitative estimate of drug-likeness (QED) is 0.450. The molecule has 0 aliphatic carbocycles. The second kappa shape index (κ2) is 9.13. The first-order valence-corrected chi connectivity index (χ1v) is 9.93. The van der Waals surface area contributed by atoms with Crippen molar-refractivity contribution in [3.63, 3.8) is 0 Å². The highest BCUT2D eigenvalue weighted by Crippen LogP contribution is 2.35. The fraction of sp³-hybridized carbons (Fsp3) is 0.167. The Labute approximate surface area is 182 Å². The van der Waals surface area contributed by atoms with E-state index in [-0.39, 0.29) is 12.3 Å². The van der Waals surface area contributed by atoms with Gasteiger partial charge >= 0.3 is 6.18 Å². The van der Waals surface area contributed by atoms with Crippen molar-refractivity contribution >= 4 is 16.9 Å². The van der Waals surface area contributed by atoms with Gasteiger partial charge < -0.3 is 14.6 Å². The number of aromatic nitrogens is 2. The Balaban J connectivity index is 1.29. The number of fused-ring (bicyclic) bond motifs is 1. The fourth-order valence-corrected chi connectivity index (χ4v) is 3.32. The van der Waals surface area contributed by atoms with Gasteiger partial charge in [-0.25, -0.2) is 4.98 Å². The molecule has 32 heavy (non-hydrogen) atoms. The zero-order valence-corrected chi connectivity index (χ0v) is 17.0. The van der Waals surface area contributed by atoms with E-state index in [1.54, 1.807) is 6.33 Å². The normalized spacial score (nSPS) is 11.5. The third-order valence-corrected chi connectivity index (χ3v) is 4.94. The lowest BCUT2D eigenvalue weighted by Gasteiger charge is -2.13. The largest absolute Gasteiger partial charge is 0.483 e. The van der Waals surface area contributed by atoms with Crippen LogP contribution in [-0.2, 0) is 24.1 Å². The van der Waals surface area contributed by atoms with Crippen LogP contribution in [0, 0.1) is 0 Å². The van der Waals surface area contributed by atoms with E-state index < -0.39 is 24.3 Å². The summed E-state index contributed by atoms with van der Waals surface area (Å²) in [4.78, 5) is 16.4. The first kappa shape index (κ1) is 21.4. The van der Waals surface area contributed by atoms with Crippen molar-refractivity contribution in [2.24, 2.45) is 0 Å². The Hall–Kier alpha value is -3.81. The van der Waals surface area contributed by atoms with E-state index in [1.807, 2.05) is 48.5 Å². The van der Waals surface area contributed by atoms with Crippen molar-refractivity contribution in [3.8, 4) is 5.75 Å². The molecule has 0 bridgehead atoms. The van der Waals surface area contributed by atoms with E-state index in [1.165, 1.54) is 18.2 Å². The van der Waals surface area contributed by atoms with Gasteiger partial charge in [0.05, 0.1) is 22.9 Å². The number of carbonyl (C=O) groups excluding carboxylic acids is 1. The van der Waals surface area contributed by atoms with Crippen LogP contribution < -0.4 is 10.1 Å². The smallest absolute Gasteiger partial charge is 0.419 e. The van der Waals surface area contributed by atoms with Gasteiger partial charge in [-0.05, 0) is 35.4 Å². The molecule has 0 aliphatic rings. The molecule has 0 spiro atoms. The van der Waals surface area contributed by atoms with Crippen LogP contribution >= 0.6 is 0 Å². The maximum absolute atomic E-state index is 13.0. The van der Waals surface area contributed by atoms with Gasteiger partial charge in [0.25, 0.3) is 5.91 Å². The van der Waals surface area contributed by atoms with Crippen LogP contribution in [0.4, 0.5) is 13.2 Å². The number of rotatable bonds is 7. The minimum Gasteiger partial charge on any atom is -0.483 e. The molecular formula is C24H20F3N3O2. The van der Waals surface area contributed by atoms with Gasteiger partial charge in [0.1, 0.15) is 5.75 Å². The number of hydrogen-bond donors (Lipinski definition) is 1. The highest BCUT2D eigenvalue weighted by atomic mass is 19.4. The summed E-state index contributed by atoms with van der Waals surface area (Å²) in [7, 11) is 0. The van der Waals surface area contributed by atoms with Crippen molar-refractivity contribution in [1.29, 1.82) is 0 Å². The van der Waals surface area contributed by atoms with Gasteiger partial charge in [-0.1, -0.05) is 48.5 Å². The second-order valence-electron chi connectivity index (χ2n) is 7.24. The standard InChI is InChI=1S/C24H20F3N3O2/c25-24(26,27)19-5-1-4-8-22(19)32-15-23(31)28-13-17-9-11-18(12-10-17)14-30-16-29-20-6-2-3-7-21(20)30/h1-12,16H,13-15H2,(H,28,31). The van der Waals surface area contributed by atoms with Crippen LogP contribution in [-0.4, -0.2) is 22.1 Å². The molecule has 1 aromatic heterocycles. The molecule has 164 valence electrons. The van der Waals surface area contributed by atoms with Gasteiger partial charge in [0.15, 0.2) is 6.61 Å². The van der Waals surface area contributed by atoms with E-state index in [0.717, 1.165) is 28.2 Å². The lowest BCUT2D eigenvalue weighted by Crippen LogP contribution is -2.28. The van der Waals surface area contributed by atoms with Gasteiger partial charge in [0.2, 0.25) is 0 Å². The number of ether oxygens (including phenoxy) is 1. The van der Waals surface area contributed by atoms with E-state index in [4.69, 9.17) is 4.74 Å². The number of imidazole rings is 1. The molecule has 1 amide bonds. The number of carbonyl (C=O) groups is 1. The number of amides is 1. The molecule has 0 radical (unpaired) electrons. The summed E-state index contributed by atoms with van der Waals surface area (Å²) in [5.74, 6) is -0.873. The zero-order valence-electron chi connectivity index (χ0n) is 17.0. The SMILES string of the molecule is O=C(COc1ccccc1C(F)(F)F)NCc1ccc(Cn2cnc3ccccc32)cc1. The molecule has 5 nitrogen and oxygen atoms in total. The van der Waals surface area contributed by atoms with E-state index >= 15 is 0 Å². The Bertz CT molecular complexity index is 1220. The average molecular weight is 439 g/mol. The summed E-state index contributed by atoms with van der Waals surface area (Å²) in [6, 6.07) is 20.4. The third-order valence-electron chi connectivity index (χ3n) is 4.94. The van der Waals surface area contributed by atoms with Crippen LogP contribution in [0.1, 0.15) is 16.7 Å². The minimum absolute atomic E-state index is 0.247. The van der Waals surface area contributed by atoms with Gasteiger partial charge in [-0.3, -0.25) is 4.79 Å². The molecule has 0 saturated carbocycles. The minimum atomic E-state index is -4.54. The van der Waals surface area contributed by atoms with E-state index in [9.17, 15) is 18.0 Å².